The SMILES string of the molecule is Cn1c(=S)n(CN(CCC#N)Cc2cccnc2)c2cc(Cl)ccc21. The fraction of sp³-hybridized carbons (Fsp3) is 0.278. The van der Waals surface area contributed by atoms with E-state index in [1.54, 1.807) is 6.20 Å². The van der Waals surface area contributed by atoms with Crippen LogP contribution >= 0.6 is 23.8 Å². The summed E-state index contributed by atoms with van der Waals surface area (Å²) in [5.74, 6) is 0. The van der Waals surface area contributed by atoms with Gasteiger partial charge in [0.2, 0.25) is 0 Å². The van der Waals surface area contributed by atoms with Crippen LogP contribution in [-0.2, 0) is 20.3 Å². The van der Waals surface area contributed by atoms with E-state index in [1.165, 1.54) is 0 Å². The van der Waals surface area contributed by atoms with Crippen LogP contribution in [0.2, 0.25) is 5.02 Å². The van der Waals surface area contributed by atoms with E-state index in [2.05, 4.69) is 20.5 Å². The largest absolute Gasteiger partial charge is 0.320 e. The molecule has 0 amide bonds. The average Bonchev–Trinajstić information content (AvgIpc) is 2.85. The number of nitrogens with zero attached hydrogens (tertiary/aromatic N) is 5. The number of pyridine rings is 1. The van der Waals surface area contributed by atoms with Gasteiger partial charge < -0.3 is 9.13 Å². The summed E-state index contributed by atoms with van der Waals surface area (Å²) in [6.07, 6.45) is 4.06. The molecule has 7 heteroatoms. The first-order valence-corrected chi connectivity index (χ1v) is 8.72. The van der Waals surface area contributed by atoms with Crippen LogP contribution < -0.4 is 0 Å². The number of nitriles is 1. The van der Waals surface area contributed by atoms with Gasteiger partial charge in [-0.3, -0.25) is 9.88 Å². The Labute approximate surface area is 156 Å². The van der Waals surface area contributed by atoms with Crippen molar-refractivity contribution >= 4 is 34.9 Å². The molecule has 3 aromatic rings. The molecule has 0 aliphatic heterocycles. The van der Waals surface area contributed by atoms with Crippen LogP contribution in [0.25, 0.3) is 11.0 Å². The first-order chi connectivity index (χ1) is 12.1. The number of rotatable bonds is 6. The molecule has 0 saturated heterocycles. The average molecular weight is 372 g/mol. The quantitative estimate of drug-likeness (QED) is 0.611. The highest BCUT2D eigenvalue weighted by molar-refractivity contribution is 7.71. The van der Waals surface area contributed by atoms with Crippen molar-refractivity contribution in [1.82, 2.24) is 19.0 Å². The van der Waals surface area contributed by atoms with Crippen molar-refractivity contribution in [1.29, 1.82) is 5.26 Å². The van der Waals surface area contributed by atoms with Gasteiger partial charge in [-0.05, 0) is 42.0 Å². The number of hydrogen-bond acceptors (Lipinski definition) is 4. The van der Waals surface area contributed by atoms with Crippen molar-refractivity contribution < 1.29 is 0 Å². The molecule has 0 aliphatic carbocycles. The second-order valence-electron chi connectivity index (χ2n) is 5.87. The number of benzene rings is 1. The van der Waals surface area contributed by atoms with Crippen LogP contribution in [0.15, 0.2) is 42.7 Å². The molecule has 0 unspecified atom stereocenters. The standard InChI is InChI=1S/C18H18ClN5S/c1-22-16-6-5-15(19)10-17(16)24(18(22)25)13-23(9-3-7-20)12-14-4-2-8-21-11-14/h2,4-6,8,10-11H,3,9,12-13H2,1H3. The Morgan fingerprint density at radius 3 is 2.88 bits per heavy atom. The molecule has 3 rings (SSSR count). The zero-order chi connectivity index (χ0) is 17.8. The number of fused-ring (bicyclic) bond motifs is 1. The van der Waals surface area contributed by atoms with Gasteiger partial charge in [0.25, 0.3) is 0 Å². The van der Waals surface area contributed by atoms with Crippen molar-refractivity contribution in [2.45, 2.75) is 19.6 Å². The Bertz CT molecular complexity index is 971. The lowest BCUT2D eigenvalue weighted by atomic mass is 10.2. The Kier molecular flexibility index (Phi) is 5.49. The molecule has 0 radical (unpaired) electrons. The number of halogens is 1. The number of aryl methyl sites for hydroxylation is 1. The van der Waals surface area contributed by atoms with Crippen molar-refractivity contribution in [2.75, 3.05) is 6.54 Å². The van der Waals surface area contributed by atoms with Gasteiger partial charge in [0.05, 0.1) is 23.8 Å². The van der Waals surface area contributed by atoms with Gasteiger partial charge in [0, 0.05) is 44.0 Å². The van der Waals surface area contributed by atoms with Crippen molar-refractivity contribution in [3.63, 3.8) is 0 Å². The number of aromatic nitrogens is 3. The third kappa shape index (κ3) is 3.90. The molecular weight excluding hydrogens is 354 g/mol. The van der Waals surface area contributed by atoms with Crippen LogP contribution in [0.4, 0.5) is 0 Å². The summed E-state index contributed by atoms with van der Waals surface area (Å²) in [7, 11) is 1.95. The lowest BCUT2D eigenvalue weighted by molar-refractivity contribution is 0.215. The second-order valence-corrected chi connectivity index (χ2v) is 6.67. The highest BCUT2D eigenvalue weighted by Crippen LogP contribution is 2.22. The smallest absolute Gasteiger partial charge is 0.181 e. The van der Waals surface area contributed by atoms with Crippen molar-refractivity contribution in [3.8, 4) is 6.07 Å². The Balaban J connectivity index is 1.95. The van der Waals surface area contributed by atoms with E-state index < -0.39 is 0 Å². The highest BCUT2D eigenvalue weighted by Gasteiger charge is 2.13. The lowest BCUT2D eigenvalue weighted by Crippen LogP contribution is -2.27. The topological polar surface area (TPSA) is 49.8 Å². The molecule has 2 aromatic heterocycles. The molecular formula is C18H18ClN5S. The predicted molar refractivity (Wildman–Crippen MR) is 102 cm³/mol. The van der Waals surface area contributed by atoms with E-state index in [1.807, 2.05) is 48.1 Å². The minimum Gasteiger partial charge on any atom is -0.320 e. The summed E-state index contributed by atoms with van der Waals surface area (Å²) >= 11 is 11.8. The minimum absolute atomic E-state index is 0.457. The van der Waals surface area contributed by atoms with Gasteiger partial charge in [-0.2, -0.15) is 5.26 Å². The Morgan fingerprint density at radius 1 is 1.32 bits per heavy atom. The summed E-state index contributed by atoms with van der Waals surface area (Å²) in [4.78, 5) is 6.36. The molecule has 5 nitrogen and oxygen atoms in total. The fourth-order valence-corrected chi connectivity index (χ4v) is 3.30. The second kappa shape index (κ2) is 7.79. The summed E-state index contributed by atoms with van der Waals surface area (Å²) in [5.41, 5.74) is 3.13. The lowest BCUT2D eigenvalue weighted by Gasteiger charge is -2.22. The molecule has 0 N–H and O–H groups in total. The highest BCUT2D eigenvalue weighted by atomic mass is 35.5. The van der Waals surface area contributed by atoms with Gasteiger partial charge in [-0.1, -0.05) is 17.7 Å². The molecule has 128 valence electrons. The summed E-state index contributed by atoms with van der Waals surface area (Å²) in [5, 5.41) is 9.65. The molecule has 0 saturated carbocycles. The molecule has 25 heavy (non-hydrogen) atoms. The number of hydrogen-bond donors (Lipinski definition) is 0. The molecule has 0 bridgehead atoms. The monoisotopic (exact) mass is 371 g/mol. The molecule has 2 heterocycles. The third-order valence-electron chi connectivity index (χ3n) is 4.12. The van der Waals surface area contributed by atoms with Gasteiger partial charge in [-0.15, -0.1) is 0 Å². The zero-order valence-corrected chi connectivity index (χ0v) is 15.5. The summed E-state index contributed by atoms with van der Waals surface area (Å²) in [6.45, 7) is 1.95. The normalized spacial score (nSPS) is 11.1. The third-order valence-corrected chi connectivity index (χ3v) is 4.85. The fourth-order valence-electron chi connectivity index (χ4n) is 2.88. The van der Waals surface area contributed by atoms with Crippen LogP contribution in [0.3, 0.4) is 0 Å². The molecule has 0 spiro atoms. The van der Waals surface area contributed by atoms with E-state index in [9.17, 15) is 0 Å². The zero-order valence-electron chi connectivity index (χ0n) is 13.9. The van der Waals surface area contributed by atoms with Gasteiger partial charge in [-0.25, -0.2) is 0 Å². The summed E-state index contributed by atoms with van der Waals surface area (Å²) < 4.78 is 4.77. The summed E-state index contributed by atoms with van der Waals surface area (Å²) in [6, 6.07) is 11.9. The van der Waals surface area contributed by atoms with Crippen LogP contribution in [0, 0.1) is 16.1 Å². The van der Waals surface area contributed by atoms with E-state index in [-0.39, 0.29) is 0 Å². The van der Waals surface area contributed by atoms with Gasteiger partial charge >= 0.3 is 0 Å². The van der Waals surface area contributed by atoms with Crippen LogP contribution in [0.5, 0.6) is 0 Å². The minimum atomic E-state index is 0.457. The molecule has 0 aliphatic rings. The first-order valence-electron chi connectivity index (χ1n) is 7.93. The maximum atomic E-state index is 8.98. The van der Waals surface area contributed by atoms with Gasteiger partial charge in [0.1, 0.15) is 0 Å². The van der Waals surface area contributed by atoms with E-state index in [0.29, 0.717) is 31.2 Å². The Morgan fingerprint density at radius 2 is 2.16 bits per heavy atom. The van der Waals surface area contributed by atoms with E-state index in [4.69, 9.17) is 29.1 Å². The maximum absolute atomic E-state index is 8.98. The first kappa shape index (κ1) is 17.6. The molecule has 0 atom stereocenters. The van der Waals surface area contributed by atoms with E-state index in [0.717, 1.165) is 21.4 Å². The van der Waals surface area contributed by atoms with Crippen molar-refractivity contribution in [2.24, 2.45) is 7.05 Å². The van der Waals surface area contributed by atoms with E-state index >= 15 is 0 Å². The van der Waals surface area contributed by atoms with Crippen molar-refractivity contribution in [3.05, 3.63) is 58.1 Å². The van der Waals surface area contributed by atoms with Crippen LogP contribution in [-0.4, -0.2) is 25.6 Å². The predicted octanol–water partition coefficient (Wildman–Crippen LogP) is 4.13. The van der Waals surface area contributed by atoms with Gasteiger partial charge in [0.15, 0.2) is 4.77 Å². The molecule has 1 aromatic carbocycles. The van der Waals surface area contributed by atoms with Crippen LogP contribution in [0.1, 0.15) is 12.0 Å². The Hall–Kier alpha value is -2.20. The number of imidazole rings is 1. The maximum Gasteiger partial charge on any atom is 0.181 e. The molecule has 0 fully saturated rings.